The van der Waals surface area contributed by atoms with Crippen molar-refractivity contribution >= 4 is 28.7 Å². The van der Waals surface area contributed by atoms with Crippen molar-refractivity contribution < 1.29 is 9.32 Å². The quantitative estimate of drug-likeness (QED) is 0.494. The molecule has 0 saturated carbocycles. The zero-order chi connectivity index (χ0) is 19.9. The second-order valence-electron chi connectivity index (χ2n) is 7.16. The molecule has 0 atom stereocenters. The van der Waals surface area contributed by atoms with Crippen LogP contribution in [0.25, 0.3) is 0 Å². The Balaban J connectivity index is 2.46. The van der Waals surface area contributed by atoms with Crippen LogP contribution < -0.4 is 15.9 Å². The predicted molar refractivity (Wildman–Crippen MR) is 121 cm³/mol. The number of hydrogen-bond donors (Lipinski definition) is 0. The molecule has 3 rings (SSSR count). The van der Waals surface area contributed by atoms with Gasteiger partial charge in [-0.05, 0) is 0 Å². The fourth-order valence-electron chi connectivity index (χ4n) is 4.17. The Morgan fingerprint density at radius 2 is 1.07 bits per heavy atom. The van der Waals surface area contributed by atoms with Gasteiger partial charge < -0.3 is 0 Å². The third-order valence-electron chi connectivity index (χ3n) is 5.31. The monoisotopic (exact) mass is 392 g/mol. The van der Waals surface area contributed by atoms with E-state index in [0.717, 1.165) is 34.9 Å². The first-order valence-corrected chi connectivity index (χ1v) is 12.4. The van der Waals surface area contributed by atoms with Gasteiger partial charge in [-0.25, -0.2) is 0 Å². The first-order valence-electron chi connectivity index (χ1n) is 10.1. The SMILES string of the molecule is CCCC(=O)OP(CCC)(c1ccccc1)(c1ccccc1)c1ccccc1. The predicted octanol–water partition coefficient (Wildman–Crippen LogP) is 5.18. The number of carbonyl (C=O) groups excluding carboxylic acids is 1. The van der Waals surface area contributed by atoms with Gasteiger partial charge in [0, 0.05) is 0 Å². The van der Waals surface area contributed by atoms with Crippen molar-refractivity contribution in [2.45, 2.75) is 33.1 Å². The van der Waals surface area contributed by atoms with Gasteiger partial charge >= 0.3 is 168 Å². The molecule has 146 valence electrons. The molecule has 3 heteroatoms. The molecule has 0 unspecified atom stereocenters. The third kappa shape index (κ3) is 3.38. The third-order valence-corrected chi connectivity index (χ3v) is 11.4. The maximum atomic E-state index is 13.1. The molecular formula is C25H29O2P. The van der Waals surface area contributed by atoms with E-state index in [1.54, 1.807) is 0 Å². The topological polar surface area (TPSA) is 26.3 Å². The second-order valence-corrected chi connectivity index (χ2v) is 11.8. The first-order chi connectivity index (χ1) is 13.7. The molecule has 3 aromatic rings. The zero-order valence-electron chi connectivity index (χ0n) is 16.8. The summed E-state index contributed by atoms with van der Waals surface area (Å²) in [6.45, 7) is 0.747. The molecule has 28 heavy (non-hydrogen) atoms. The van der Waals surface area contributed by atoms with Gasteiger partial charge in [0.2, 0.25) is 0 Å². The number of benzene rings is 3. The Labute approximate surface area is 168 Å². The molecule has 0 N–H and O–H groups in total. The van der Waals surface area contributed by atoms with Gasteiger partial charge in [-0.3, -0.25) is 0 Å². The van der Waals surface area contributed by atoms with Crippen LogP contribution in [0.5, 0.6) is 0 Å². The van der Waals surface area contributed by atoms with Crippen LogP contribution >= 0.6 is 6.83 Å². The molecular weight excluding hydrogens is 363 g/mol. The van der Waals surface area contributed by atoms with Crippen LogP contribution in [0.1, 0.15) is 33.1 Å². The Bertz CT molecular complexity index is 792. The van der Waals surface area contributed by atoms with Gasteiger partial charge in [0.15, 0.2) is 0 Å². The van der Waals surface area contributed by atoms with Crippen LogP contribution in [0.15, 0.2) is 91.0 Å². The normalized spacial score (nSPS) is 12.7. The molecule has 0 aliphatic heterocycles. The van der Waals surface area contributed by atoms with E-state index in [9.17, 15) is 4.79 Å². The van der Waals surface area contributed by atoms with Crippen LogP contribution in [-0.4, -0.2) is 12.1 Å². The molecule has 0 aromatic heterocycles. The zero-order valence-corrected chi connectivity index (χ0v) is 17.6. The molecule has 0 aliphatic rings. The van der Waals surface area contributed by atoms with Crippen LogP contribution in [0.3, 0.4) is 0 Å². The summed E-state index contributed by atoms with van der Waals surface area (Å²) in [7, 11) is 0. The van der Waals surface area contributed by atoms with E-state index in [1.807, 2.05) is 61.5 Å². The molecule has 0 spiro atoms. The van der Waals surface area contributed by atoms with E-state index in [0.29, 0.717) is 6.42 Å². The number of rotatable bonds is 8. The van der Waals surface area contributed by atoms with Gasteiger partial charge in [0.05, 0.1) is 0 Å². The van der Waals surface area contributed by atoms with E-state index in [2.05, 4.69) is 43.3 Å². The molecule has 0 aliphatic carbocycles. The molecule has 0 saturated heterocycles. The summed E-state index contributed by atoms with van der Waals surface area (Å²) in [6, 6.07) is 31.1. The van der Waals surface area contributed by atoms with E-state index in [1.165, 1.54) is 0 Å². The molecule has 3 aromatic carbocycles. The van der Waals surface area contributed by atoms with Gasteiger partial charge in [0.1, 0.15) is 0 Å². The maximum absolute atomic E-state index is 13.1. The van der Waals surface area contributed by atoms with Gasteiger partial charge in [-0.15, -0.1) is 0 Å². The summed E-state index contributed by atoms with van der Waals surface area (Å²) >= 11 is 0. The summed E-state index contributed by atoms with van der Waals surface area (Å²) in [6.07, 6.45) is 2.90. The van der Waals surface area contributed by atoms with Gasteiger partial charge in [-0.2, -0.15) is 0 Å². The summed E-state index contributed by atoms with van der Waals surface area (Å²) in [5.74, 6) is -0.120. The van der Waals surface area contributed by atoms with Crippen molar-refractivity contribution in [3.05, 3.63) is 91.0 Å². The first kappa shape index (κ1) is 20.3. The van der Waals surface area contributed by atoms with Gasteiger partial charge in [-0.1, -0.05) is 0 Å². The van der Waals surface area contributed by atoms with Crippen molar-refractivity contribution in [2.75, 3.05) is 6.16 Å². The van der Waals surface area contributed by atoms with Crippen molar-refractivity contribution in [2.24, 2.45) is 0 Å². The summed E-state index contributed by atoms with van der Waals surface area (Å²) in [4.78, 5) is 13.1. The fourth-order valence-corrected chi connectivity index (χ4v) is 10.0. The molecule has 0 bridgehead atoms. The molecule has 2 nitrogen and oxygen atoms in total. The summed E-state index contributed by atoms with van der Waals surface area (Å²) in [5, 5.41) is 3.33. The fraction of sp³-hybridized carbons (Fsp3) is 0.240. The van der Waals surface area contributed by atoms with Crippen molar-refractivity contribution in [3.63, 3.8) is 0 Å². The standard InChI is InChI=1S/C25H29O2P/c1-3-14-25(26)27-28(21-4-2,22-15-8-5-9-16-22,23-17-10-6-11-18-23)24-19-12-7-13-20-24/h5-13,15-20H,3-4,14,21H2,1-2H3. The second kappa shape index (κ2) is 8.71. The van der Waals surface area contributed by atoms with Crippen LogP contribution in [0.4, 0.5) is 0 Å². The van der Waals surface area contributed by atoms with E-state index < -0.39 is 6.83 Å². The minimum atomic E-state index is -3.44. The van der Waals surface area contributed by atoms with Crippen molar-refractivity contribution in [1.82, 2.24) is 0 Å². The van der Waals surface area contributed by atoms with E-state index >= 15 is 0 Å². The molecule has 0 fully saturated rings. The van der Waals surface area contributed by atoms with Crippen LogP contribution in [0.2, 0.25) is 0 Å². The van der Waals surface area contributed by atoms with Gasteiger partial charge in [0.25, 0.3) is 0 Å². The van der Waals surface area contributed by atoms with E-state index in [4.69, 9.17) is 4.52 Å². The molecule has 0 amide bonds. The number of hydrogen-bond acceptors (Lipinski definition) is 2. The summed E-state index contributed by atoms with van der Waals surface area (Å²) in [5.41, 5.74) is 0. The molecule has 0 radical (unpaired) electrons. The van der Waals surface area contributed by atoms with Crippen LogP contribution in [0, 0.1) is 0 Å². The Morgan fingerprint density at radius 1 is 0.679 bits per heavy atom. The van der Waals surface area contributed by atoms with Crippen LogP contribution in [-0.2, 0) is 9.32 Å². The van der Waals surface area contributed by atoms with E-state index in [-0.39, 0.29) is 5.97 Å². The summed E-state index contributed by atoms with van der Waals surface area (Å²) < 4.78 is 6.76. The average molecular weight is 392 g/mol. The Morgan fingerprint density at radius 3 is 1.39 bits per heavy atom. The van der Waals surface area contributed by atoms with Crippen molar-refractivity contribution in [3.8, 4) is 0 Å². The number of carbonyl (C=O) groups is 1. The average Bonchev–Trinajstić information content (AvgIpc) is 2.75. The Kier molecular flexibility index (Phi) is 6.31. The minimum absolute atomic E-state index is 0.120. The Hall–Kier alpha value is -2.44. The van der Waals surface area contributed by atoms with Crippen molar-refractivity contribution in [1.29, 1.82) is 0 Å². The molecule has 0 heterocycles.